The lowest BCUT2D eigenvalue weighted by Crippen LogP contribution is -2.47. The number of benzene rings is 1. The average Bonchev–Trinajstić information content (AvgIpc) is 3.50. The van der Waals surface area contributed by atoms with E-state index in [2.05, 4.69) is 30.8 Å². The van der Waals surface area contributed by atoms with Crippen LogP contribution in [-0.4, -0.2) is 66.9 Å². The predicted molar refractivity (Wildman–Crippen MR) is 133 cm³/mol. The second kappa shape index (κ2) is 9.93. The minimum Gasteiger partial charge on any atom is -0.337 e. The number of hydrogen-bond donors (Lipinski definition) is 2. The van der Waals surface area contributed by atoms with E-state index in [4.69, 9.17) is 0 Å². The van der Waals surface area contributed by atoms with Gasteiger partial charge < -0.3 is 10.2 Å². The standard InChI is InChI=1S/C25H36N8O2/c1-18(2)32-20-8-4-5-9-21(20)33(24(32)35)23(34)26-16-19-10-14-31(15-11-19)17-25(12-6-3-7-13-25)22-27-29-30-28-22/h4-5,8-9,18-19H,3,6-7,10-17H2,1-2H3,(H,26,34)(H,27,28,29,30). The normalized spacial score (nSPS) is 19.4. The number of aromatic amines is 1. The van der Waals surface area contributed by atoms with Gasteiger partial charge in [0.2, 0.25) is 0 Å². The van der Waals surface area contributed by atoms with Crippen LogP contribution in [0.15, 0.2) is 29.1 Å². The van der Waals surface area contributed by atoms with E-state index >= 15 is 0 Å². The number of fused-ring (bicyclic) bond motifs is 1. The number of nitrogens with one attached hydrogen (secondary N) is 2. The Morgan fingerprint density at radius 1 is 1.14 bits per heavy atom. The second-order valence-electron chi connectivity index (χ2n) is 10.6. The molecular formula is C25H36N8O2. The summed E-state index contributed by atoms with van der Waals surface area (Å²) in [6.45, 7) is 7.45. The molecule has 1 saturated carbocycles. The molecule has 35 heavy (non-hydrogen) atoms. The van der Waals surface area contributed by atoms with Gasteiger partial charge in [-0.1, -0.05) is 36.6 Å². The molecule has 1 amide bonds. The summed E-state index contributed by atoms with van der Waals surface area (Å²) in [4.78, 5) is 28.6. The topological polar surface area (TPSA) is 114 Å². The van der Waals surface area contributed by atoms with Crippen LogP contribution in [0.25, 0.3) is 11.0 Å². The van der Waals surface area contributed by atoms with E-state index in [1.165, 1.54) is 23.8 Å². The number of nitrogens with zero attached hydrogens (tertiary/aromatic N) is 6. The molecule has 5 rings (SSSR count). The predicted octanol–water partition coefficient (Wildman–Crippen LogP) is 3.07. The van der Waals surface area contributed by atoms with Gasteiger partial charge in [0.1, 0.15) is 0 Å². The number of para-hydroxylation sites is 2. The van der Waals surface area contributed by atoms with E-state index in [-0.39, 0.29) is 23.2 Å². The Balaban J connectivity index is 1.19. The van der Waals surface area contributed by atoms with Crippen molar-refractivity contribution in [2.45, 2.75) is 70.3 Å². The van der Waals surface area contributed by atoms with Crippen LogP contribution in [0, 0.1) is 5.92 Å². The Kier molecular flexibility index (Phi) is 6.73. The maximum absolute atomic E-state index is 13.1. The van der Waals surface area contributed by atoms with Crippen molar-refractivity contribution in [2.75, 3.05) is 26.2 Å². The van der Waals surface area contributed by atoms with E-state index in [1.807, 2.05) is 38.1 Å². The van der Waals surface area contributed by atoms with Crippen LogP contribution in [0.2, 0.25) is 0 Å². The molecular weight excluding hydrogens is 444 g/mol. The van der Waals surface area contributed by atoms with Crippen molar-refractivity contribution < 1.29 is 4.79 Å². The maximum Gasteiger partial charge on any atom is 0.337 e. The van der Waals surface area contributed by atoms with Crippen LogP contribution >= 0.6 is 0 Å². The number of tetrazole rings is 1. The first-order valence-corrected chi connectivity index (χ1v) is 12.9. The Hall–Kier alpha value is -3.01. The fourth-order valence-electron chi connectivity index (χ4n) is 6.02. The third-order valence-corrected chi connectivity index (χ3v) is 7.90. The van der Waals surface area contributed by atoms with Crippen LogP contribution in [0.4, 0.5) is 4.79 Å². The van der Waals surface area contributed by atoms with Crippen molar-refractivity contribution in [1.29, 1.82) is 0 Å². The maximum atomic E-state index is 13.1. The van der Waals surface area contributed by atoms with Crippen molar-refractivity contribution in [2.24, 2.45) is 5.92 Å². The number of H-pyrrole nitrogens is 1. The van der Waals surface area contributed by atoms with Gasteiger partial charge in [-0.05, 0) is 70.7 Å². The van der Waals surface area contributed by atoms with E-state index in [9.17, 15) is 9.59 Å². The number of likely N-dealkylation sites (tertiary alicyclic amines) is 1. The summed E-state index contributed by atoms with van der Waals surface area (Å²) in [6.07, 6.45) is 7.96. The average molecular weight is 481 g/mol. The number of aromatic nitrogens is 6. The van der Waals surface area contributed by atoms with Crippen molar-refractivity contribution in [3.05, 3.63) is 40.6 Å². The number of imidazole rings is 1. The summed E-state index contributed by atoms with van der Waals surface area (Å²) in [6, 6.07) is 7.12. The zero-order valence-electron chi connectivity index (χ0n) is 20.7. The molecule has 2 N–H and O–H groups in total. The lowest BCUT2D eigenvalue weighted by Gasteiger charge is -2.41. The minimum absolute atomic E-state index is 0.00189. The molecule has 10 heteroatoms. The van der Waals surface area contributed by atoms with Gasteiger partial charge in [-0.25, -0.2) is 14.2 Å². The molecule has 10 nitrogen and oxygen atoms in total. The van der Waals surface area contributed by atoms with Crippen LogP contribution in [0.5, 0.6) is 0 Å². The molecule has 1 aromatic carbocycles. The van der Waals surface area contributed by atoms with Crippen LogP contribution in [0.1, 0.15) is 70.7 Å². The third kappa shape index (κ3) is 4.63. The molecule has 2 aliphatic rings. The number of piperidine rings is 1. The molecule has 2 aromatic heterocycles. The van der Waals surface area contributed by atoms with Crippen LogP contribution in [-0.2, 0) is 5.41 Å². The summed E-state index contributed by atoms with van der Waals surface area (Å²) >= 11 is 0. The van der Waals surface area contributed by atoms with Crippen molar-refractivity contribution >= 4 is 17.1 Å². The molecule has 3 heterocycles. The van der Waals surface area contributed by atoms with E-state index in [0.717, 1.165) is 56.7 Å². The summed E-state index contributed by atoms with van der Waals surface area (Å²) in [5.74, 6) is 1.26. The smallest absolute Gasteiger partial charge is 0.337 e. The summed E-state index contributed by atoms with van der Waals surface area (Å²) in [5, 5.41) is 18.2. The molecule has 1 aliphatic carbocycles. The fourth-order valence-corrected chi connectivity index (χ4v) is 6.02. The van der Waals surface area contributed by atoms with Gasteiger partial charge in [0.25, 0.3) is 0 Å². The Labute approximate surface area is 205 Å². The zero-order valence-corrected chi connectivity index (χ0v) is 20.7. The molecule has 0 unspecified atom stereocenters. The monoisotopic (exact) mass is 480 g/mol. The van der Waals surface area contributed by atoms with Crippen molar-refractivity contribution in [1.82, 2.24) is 40.0 Å². The highest BCUT2D eigenvalue weighted by molar-refractivity contribution is 5.89. The number of hydrogen-bond acceptors (Lipinski definition) is 6. The van der Waals surface area contributed by atoms with Gasteiger partial charge >= 0.3 is 11.7 Å². The molecule has 3 aromatic rings. The van der Waals surface area contributed by atoms with Gasteiger partial charge in [-0.2, -0.15) is 5.21 Å². The van der Waals surface area contributed by atoms with Gasteiger partial charge in [-0.3, -0.25) is 4.57 Å². The Morgan fingerprint density at radius 3 is 2.51 bits per heavy atom. The SMILES string of the molecule is CC(C)n1c(=O)n(C(=O)NCC2CCN(CC3(c4nn[nH]n4)CCCCC3)CC2)c2ccccc21. The molecule has 1 aliphatic heterocycles. The van der Waals surface area contributed by atoms with E-state index in [0.29, 0.717) is 18.0 Å². The number of carbonyl (C=O) groups is 1. The first-order valence-electron chi connectivity index (χ1n) is 12.9. The molecule has 0 bridgehead atoms. The van der Waals surface area contributed by atoms with Gasteiger partial charge in [-0.15, -0.1) is 10.2 Å². The molecule has 2 fully saturated rings. The number of amides is 1. The van der Waals surface area contributed by atoms with Crippen LogP contribution in [0.3, 0.4) is 0 Å². The lowest BCUT2D eigenvalue weighted by atomic mass is 9.72. The highest BCUT2D eigenvalue weighted by Crippen LogP contribution is 2.38. The minimum atomic E-state index is -0.341. The quantitative estimate of drug-likeness (QED) is 0.561. The third-order valence-electron chi connectivity index (χ3n) is 7.90. The first-order chi connectivity index (χ1) is 17.0. The summed E-state index contributed by atoms with van der Waals surface area (Å²) in [7, 11) is 0. The summed E-state index contributed by atoms with van der Waals surface area (Å²) in [5.41, 5.74) is 1.15. The van der Waals surface area contributed by atoms with Crippen molar-refractivity contribution in [3.8, 4) is 0 Å². The number of carbonyl (C=O) groups excluding carboxylic acids is 1. The molecule has 0 spiro atoms. The highest BCUT2D eigenvalue weighted by atomic mass is 16.2. The zero-order chi connectivity index (χ0) is 24.4. The van der Waals surface area contributed by atoms with E-state index in [1.54, 1.807) is 4.57 Å². The largest absolute Gasteiger partial charge is 0.337 e. The second-order valence-corrected chi connectivity index (χ2v) is 10.6. The van der Waals surface area contributed by atoms with Gasteiger partial charge in [0, 0.05) is 24.5 Å². The summed E-state index contributed by atoms with van der Waals surface area (Å²) < 4.78 is 2.96. The molecule has 0 radical (unpaired) electrons. The Morgan fingerprint density at radius 2 is 1.86 bits per heavy atom. The lowest BCUT2D eigenvalue weighted by molar-refractivity contribution is 0.121. The molecule has 0 atom stereocenters. The van der Waals surface area contributed by atoms with Crippen LogP contribution < -0.4 is 11.0 Å². The number of rotatable bonds is 6. The highest BCUT2D eigenvalue weighted by Gasteiger charge is 2.40. The van der Waals surface area contributed by atoms with Gasteiger partial charge in [0.15, 0.2) is 5.82 Å². The van der Waals surface area contributed by atoms with E-state index < -0.39 is 0 Å². The molecule has 188 valence electrons. The van der Waals surface area contributed by atoms with Crippen molar-refractivity contribution in [3.63, 3.8) is 0 Å². The molecule has 1 saturated heterocycles. The Bertz CT molecular complexity index is 1200. The van der Waals surface area contributed by atoms with Gasteiger partial charge in [0.05, 0.1) is 11.0 Å². The first kappa shape index (κ1) is 23.7. The fraction of sp³-hybridized carbons (Fsp3) is 0.640.